The van der Waals surface area contributed by atoms with Crippen LogP contribution >= 0.6 is 0 Å². The molecule has 0 unspecified atom stereocenters. The lowest BCUT2D eigenvalue weighted by molar-refractivity contribution is 0.638. The van der Waals surface area contributed by atoms with Crippen molar-refractivity contribution >= 4 is 0 Å². The minimum atomic E-state index is -0.596. The minimum absolute atomic E-state index is 0.596. The standard InChI is InChI=1S/C16H19N3/c1-10-6-7-13(11(2)8-10)14-12(3)18-15(19-14)16(4,5)9-17/h6-8H,1-5H3,(H,18,19). The number of nitriles is 1. The highest BCUT2D eigenvalue weighted by Crippen LogP contribution is 2.29. The number of aromatic nitrogens is 2. The molecule has 1 aromatic carbocycles. The van der Waals surface area contributed by atoms with Crippen LogP contribution in [0.5, 0.6) is 0 Å². The van der Waals surface area contributed by atoms with E-state index in [1.54, 1.807) is 0 Å². The van der Waals surface area contributed by atoms with Crippen molar-refractivity contribution in [3.05, 3.63) is 40.8 Å². The van der Waals surface area contributed by atoms with Gasteiger partial charge in [-0.05, 0) is 40.2 Å². The molecule has 0 bridgehead atoms. The van der Waals surface area contributed by atoms with E-state index in [1.165, 1.54) is 11.1 Å². The van der Waals surface area contributed by atoms with Crippen molar-refractivity contribution in [2.24, 2.45) is 0 Å². The minimum Gasteiger partial charge on any atom is -0.344 e. The summed E-state index contributed by atoms with van der Waals surface area (Å²) in [5.41, 5.74) is 4.92. The van der Waals surface area contributed by atoms with Gasteiger partial charge in [0.05, 0.1) is 11.8 Å². The van der Waals surface area contributed by atoms with Crippen LogP contribution in [0.1, 0.15) is 36.5 Å². The van der Waals surface area contributed by atoms with Crippen LogP contribution < -0.4 is 0 Å². The highest BCUT2D eigenvalue weighted by molar-refractivity contribution is 5.66. The summed E-state index contributed by atoms with van der Waals surface area (Å²) >= 11 is 0. The quantitative estimate of drug-likeness (QED) is 0.885. The summed E-state index contributed by atoms with van der Waals surface area (Å²) in [6.45, 7) is 9.91. The second-order valence-electron chi connectivity index (χ2n) is 5.61. The summed E-state index contributed by atoms with van der Waals surface area (Å²) in [5, 5.41) is 9.20. The molecule has 1 heterocycles. The number of aryl methyl sites for hydroxylation is 3. The second kappa shape index (κ2) is 4.55. The Morgan fingerprint density at radius 3 is 2.47 bits per heavy atom. The highest BCUT2D eigenvalue weighted by Gasteiger charge is 2.25. The molecule has 3 nitrogen and oxygen atoms in total. The Balaban J connectivity index is 2.56. The fraction of sp³-hybridized carbons (Fsp3) is 0.375. The van der Waals surface area contributed by atoms with E-state index < -0.39 is 5.41 Å². The molecule has 1 aromatic heterocycles. The number of H-pyrrole nitrogens is 1. The van der Waals surface area contributed by atoms with Gasteiger partial charge in [0.25, 0.3) is 0 Å². The zero-order chi connectivity index (χ0) is 14.2. The lowest BCUT2D eigenvalue weighted by atomic mass is 9.95. The van der Waals surface area contributed by atoms with E-state index in [0.717, 1.165) is 22.8 Å². The molecule has 1 N–H and O–H groups in total. The van der Waals surface area contributed by atoms with Gasteiger partial charge in [-0.2, -0.15) is 5.26 Å². The average Bonchev–Trinajstić information content (AvgIpc) is 2.72. The van der Waals surface area contributed by atoms with Gasteiger partial charge in [-0.1, -0.05) is 23.8 Å². The zero-order valence-corrected chi connectivity index (χ0v) is 12.1. The monoisotopic (exact) mass is 253 g/mol. The fourth-order valence-electron chi connectivity index (χ4n) is 2.15. The first-order chi connectivity index (χ1) is 8.85. The van der Waals surface area contributed by atoms with Crippen molar-refractivity contribution in [3.8, 4) is 17.3 Å². The summed E-state index contributed by atoms with van der Waals surface area (Å²) in [5.74, 6) is 0.725. The van der Waals surface area contributed by atoms with E-state index in [4.69, 9.17) is 0 Å². The first-order valence-electron chi connectivity index (χ1n) is 6.41. The molecule has 0 amide bonds. The SMILES string of the molecule is Cc1ccc(-c2nc(C(C)(C)C#N)[nH]c2C)c(C)c1. The van der Waals surface area contributed by atoms with E-state index in [1.807, 2.05) is 20.8 Å². The third-order valence-electron chi connectivity index (χ3n) is 3.39. The van der Waals surface area contributed by atoms with Gasteiger partial charge in [0.1, 0.15) is 11.2 Å². The van der Waals surface area contributed by atoms with Gasteiger partial charge in [0, 0.05) is 11.3 Å². The van der Waals surface area contributed by atoms with Crippen LogP contribution in [0, 0.1) is 32.1 Å². The van der Waals surface area contributed by atoms with E-state index >= 15 is 0 Å². The maximum Gasteiger partial charge on any atom is 0.126 e. The molecule has 0 fully saturated rings. The van der Waals surface area contributed by atoms with Crippen LogP contribution in [0.25, 0.3) is 11.3 Å². The van der Waals surface area contributed by atoms with Crippen LogP contribution in [-0.4, -0.2) is 9.97 Å². The Morgan fingerprint density at radius 1 is 1.21 bits per heavy atom. The molecule has 98 valence electrons. The Labute approximate surface area is 114 Å². The van der Waals surface area contributed by atoms with Crippen molar-refractivity contribution in [1.82, 2.24) is 9.97 Å². The van der Waals surface area contributed by atoms with Crippen molar-refractivity contribution in [1.29, 1.82) is 5.26 Å². The molecular weight excluding hydrogens is 234 g/mol. The van der Waals surface area contributed by atoms with E-state index in [0.29, 0.717) is 0 Å². The first-order valence-corrected chi connectivity index (χ1v) is 6.41. The number of nitrogens with zero attached hydrogens (tertiary/aromatic N) is 2. The molecule has 2 rings (SSSR count). The van der Waals surface area contributed by atoms with Crippen molar-refractivity contribution in [2.75, 3.05) is 0 Å². The van der Waals surface area contributed by atoms with Gasteiger partial charge in [-0.25, -0.2) is 4.98 Å². The average molecular weight is 253 g/mol. The van der Waals surface area contributed by atoms with Crippen LogP contribution in [0.15, 0.2) is 18.2 Å². The highest BCUT2D eigenvalue weighted by atomic mass is 15.0. The second-order valence-corrected chi connectivity index (χ2v) is 5.61. The summed E-state index contributed by atoms with van der Waals surface area (Å²) in [6.07, 6.45) is 0. The zero-order valence-electron chi connectivity index (χ0n) is 12.1. The van der Waals surface area contributed by atoms with Crippen LogP contribution in [0.4, 0.5) is 0 Å². The molecule has 0 radical (unpaired) electrons. The molecule has 2 aromatic rings. The van der Waals surface area contributed by atoms with Gasteiger partial charge in [-0.15, -0.1) is 0 Å². The van der Waals surface area contributed by atoms with Crippen molar-refractivity contribution < 1.29 is 0 Å². The summed E-state index contributed by atoms with van der Waals surface area (Å²) in [4.78, 5) is 7.88. The number of benzene rings is 1. The third kappa shape index (κ3) is 2.39. The molecule has 0 spiro atoms. The van der Waals surface area contributed by atoms with Gasteiger partial charge in [0.2, 0.25) is 0 Å². The van der Waals surface area contributed by atoms with Gasteiger partial charge in [-0.3, -0.25) is 0 Å². The Morgan fingerprint density at radius 2 is 1.89 bits per heavy atom. The summed E-state index contributed by atoms with van der Waals surface area (Å²) < 4.78 is 0. The maximum atomic E-state index is 9.20. The van der Waals surface area contributed by atoms with Crippen LogP contribution in [0.3, 0.4) is 0 Å². The number of rotatable bonds is 2. The number of hydrogen-bond acceptors (Lipinski definition) is 2. The topological polar surface area (TPSA) is 52.5 Å². The summed E-state index contributed by atoms with van der Waals surface area (Å²) in [6, 6.07) is 8.61. The molecule has 0 saturated carbocycles. The number of aromatic amines is 1. The van der Waals surface area contributed by atoms with Gasteiger partial charge < -0.3 is 4.98 Å². The normalized spacial score (nSPS) is 11.4. The molecule has 3 heteroatoms. The third-order valence-corrected chi connectivity index (χ3v) is 3.39. The van der Waals surface area contributed by atoms with Gasteiger partial charge >= 0.3 is 0 Å². The molecule has 0 aliphatic carbocycles. The van der Waals surface area contributed by atoms with Crippen molar-refractivity contribution in [2.45, 2.75) is 40.0 Å². The summed E-state index contributed by atoms with van der Waals surface area (Å²) in [7, 11) is 0. The Hall–Kier alpha value is -2.08. The maximum absolute atomic E-state index is 9.20. The van der Waals surface area contributed by atoms with E-state index in [2.05, 4.69) is 48.1 Å². The smallest absolute Gasteiger partial charge is 0.126 e. The first kappa shape index (κ1) is 13.4. The number of nitrogens with one attached hydrogen (secondary N) is 1. The van der Waals surface area contributed by atoms with Crippen LogP contribution in [0.2, 0.25) is 0 Å². The van der Waals surface area contributed by atoms with Crippen LogP contribution in [-0.2, 0) is 5.41 Å². The van der Waals surface area contributed by atoms with E-state index in [9.17, 15) is 5.26 Å². The predicted octanol–water partition coefficient (Wildman–Crippen LogP) is 3.80. The van der Waals surface area contributed by atoms with E-state index in [-0.39, 0.29) is 0 Å². The number of imidazole rings is 1. The molecule has 0 atom stereocenters. The Bertz CT molecular complexity index is 657. The molecular formula is C16H19N3. The number of hydrogen-bond donors (Lipinski definition) is 1. The molecule has 19 heavy (non-hydrogen) atoms. The predicted molar refractivity (Wildman–Crippen MR) is 76.9 cm³/mol. The molecule has 0 aliphatic rings. The largest absolute Gasteiger partial charge is 0.344 e. The fourth-order valence-corrected chi connectivity index (χ4v) is 2.15. The molecule has 0 aliphatic heterocycles. The van der Waals surface area contributed by atoms with Crippen molar-refractivity contribution in [3.63, 3.8) is 0 Å². The lowest BCUT2D eigenvalue weighted by Crippen LogP contribution is -2.15. The lowest BCUT2D eigenvalue weighted by Gasteiger charge is -2.10. The molecule has 0 saturated heterocycles. The van der Waals surface area contributed by atoms with Gasteiger partial charge in [0.15, 0.2) is 0 Å². The Kier molecular flexibility index (Phi) is 3.20.